The van der Waals surface area contributed by atoms with Crippen LogP contribution in [0.3, 0.4) is 0 Å². The van der Waals surface area contributed by atoms with E-state index in [9.17, 15) is 4.79 Å². The molecular weight excluding hydrogens is 224 g/mol. The van der Waals surface area contributed by atoms with E-state index in [2.05, 4.69) is 20.9 Å². The minimum atomic E-state index is -0.415. The molecule has 0 bridgehead atoms. The average Bonchev–Trinajstić information content (AvgIpc) is 1.96. The molecule has 0 aliphatic carbocycles. The molecule has 1 aromatic heterocycles. The number of ether oxygens (including phenoxy) is 1. The van der Waals surface area contributed by atoms with E-state index >= 15 is 0 Å². The molecule has 0 saturated heterocycles. The maximum absolute atomic E-state index is 10.6. The van der Waals surface area contributed by atoms with Crippen molar-refractivity contribution in [1.82, 2.24) is 4.98 Å². The summed E-state index contributed by atoms with van der Waals surface area (Å²) in [5, 5.41) is 0. The topological polar surface area (TPSA) is 65.2 Å². The van der Waals surface area contributed by atoms with E-state index in [1.165, 1.54) is 13.1 Å². The number of nitrogen functional groups attached to an aromatic ring is 1. The quantitative estimate of drug-likeness (QED) is 0.741. The summed E-state index contributed by atoms with van der Waals surface area (Å²) in [7, 11) is 0. The fourth-order valence-electron chi connectivity index (χ4n) is 0.668. The van der Waals surface area contributed by atoms with Gasteiger partial charge in [0.2, 0.25) is 0 Å². The van der Waals surface area contributed by atoms with Crippen molar-refractivity contribution in [2.75, 3.05) is 5.73 Å². The average molecular weight is 231 g/mol. The number of carbonyl (C=O) groups is 1. The normalized spacial score (nSPS) is 9.50. The van der Waals surface area contributed by atoms with Crippen LogP contribution in [0.1, 0.15) is 6.92 Å². The minimum absolute atomic E-state index is 0.202. The molecule has 1 heterocycles. The molecule has 1 aromatic rings. The number of hydrogen-bond acceptors (Lipinski definition) is 4. The first-order chi connectivity index (χ1) is 5.59. The molecule has 0 saturated carbocycles. The first-order valence-corrected chi connectivity index (χ1v) is 3.98. The zero-order chi connectivity index (χ0) is 9.14. The van der Waals surface area contributed by atoms with Gasteiger partial charge in [-0.25, -0.2) is 4.98 Å². The van der Waals surface area contributed by atoms with Crippen LogP contribution in [0.4, 0.5) is 5.82 Å². The van der Waals surface area contributed by atoms with Crippen LogP contribution in [0, 0.1) is 0 Å². The van der Waals surface area contributed by atoms with Gasteiger partial charge in [-0.3, -0.25) is 4.79 Å². The molecule has 2 N–H and O–H groups in total. The van der Waals surface area contributed by atoms with Crippen LogP contribution in [0.5, 0.6) is 5.75 Å². The summed E-state index contributed by atoms with van der Waals surface area (Å²) in [6, 6.07) is 1.59. The maximum atomic E-state index is 10.6. The van der Waals surface area contributed by atoms with E-state index in [0.717, 1.165) is 0 Å². The Balaban J connectivity index is 2.97. The van der Waals surface area contributed by atoms with Crippen LogP contribution in [0.25, 0.3) is 0 Å². The Hall–Kier alpha value is -1.10. The van der Waals surface area contributed by atoms with Crippen LogP contribution in [-0.2, 0) is 4.79 Å². The number of nitrogens with two attached hydrogens (primary N) is 1. The monoisotopic (exact) mass is 230 g/mol. The van der Waals surface area contributed by atoms with Gasteiger partial charge in [0.15, 0.2) is 11.6 Å². The van der Waals surface area contributed by atoms with Gasteiger partial charge in [0, 0.05) is 23.7 Å². The SMILES string of the molecule is CC(=O)Oc1cc(Br)cnc1N. The van der Waals surface area contributed by atoms with Gasteiger partial charge in [-0.2, -0.15) is 0 Å². The van der Waals surface area contributed by atoms with Crippen molar-refractivity contribution in [2.24, 2.45) is 0 Å². The van der Waals surface area contributed by atoms with Gasteiger partial charge in [0.05, 0.1) is 0 Å². The number of carbonyl (C=O) groups excluding carboxylic acids is 1. The Kier molecular flexibility index (Phi) is 2.65. The third-order valence-corrected chi connectivity index (χ3v) is 1.54. The molecule has 0 radical (unpaired) electrons. The highest BCUT2D eigenvalue weighted by molar-refractivity contribution is 9.10. The molecule has 4 nitrogen and oxygen atoms in total. The van der Waals surface area contributed by atoms with Crippen LogP contribution in [0.2, 0.25) is 0 Å². The number of nitrogens with zero attached hydrogens (tertiary/aromatic N) is 1. The zero-order valence-corrected chi connectivity index (χ0v) is 7.96. The molecule has 0 fully saturated rings. The molecule has 5 heteroatoms. The molecule has 0 aromatic carbocycles. The number of anilines is 1. The van der Waals surface area contributed by atoms with E-state index in [4.69, 9.17) is 10.5 Å². The molecule has 0 aliphatic rings. The summed E-state index contributed by atoms with van der Waals surface area (Å²) in [6.45, 7) is 1.31. The van der Waals surface area contributed by atoms with Gasteiger partial charge >= 0.3 is 5.97 Å². The van der Waals surface area contributed by atoms with Crippen molar-refractivity contribution >= 4 is 27.7 Å². The number of esters is 1. The van der Waals surface area contributed by atoms with Crippen LogP contribution in [0.15, 0.2) is 16.7 Å². The van der Waals surface area contributed by atoms with Crippen molar-refractivity contribution in [1.29, 1.82) is 0 Å². The second kappa shape index (κ2) is 3.53. The number of rotatable bonds is 1. The van der Waals surface area contributed by atoms with Crippen molar-refractivity contribution in [2.45, 2.75) is 6.92 Å². The van der Waals surface area contributed by atoms with Crippen molar-refractivity contribution < 1.29 is 9.53 Å². The number of hydrogen-bond donors (Lipinski definition) is 1. The Labute approximate surface area is 77.9 Å². The molecular formula is C7H7BrN2O2. The molecule has 0 unspecified atom stereocenters. The predicted octanol–water partition coefficient (Wildman–Crippen LogP) is 1.35. The van der Waals surface area contributed by atoms with Crippen molar-refractivity contribution in [3.63, 3.8) is 0 Å². The van der Waals surface area contributed by atoms with E-state index < -0.39 is 5.97 Å². The van der Waals surface area contributed by atoms with E-state index in [1.54, 1.807) is 6.07 Å². The summed E-state index contributed by atoms with van der Waals surface area (Å²) in [4.78, 5) is 14.3. The first kappa shape index (κ1) is 8.99. The fraction of sp³-hybridized carbons (Fsp3) is 0.143. The minimum Gasteiger partial charge on any atom is -0.423 e. The van der Waals surface area contributed by atoms with Gasteiger partial charge in [-0.1, -0.05) is 0 Å². The van der Waals surface area contributed by atoms with Crippen molar-refractivity contribution in [3.05, 3.63) is 16.7 Å². The lowest BCUT2D eigenvalue weighted by Gasteiger charge is -2.03. The largest absolute Gasteiger partial charge is 0.423 e. The van der Waals surface area contributed by atoms with Gasteiger partial charge in [0.25, 0.3) is 0 Å². The molecule has 64 valence electrons. The highest BCUT2D eigenvalue weighted by Crippen LogP contribution is 2.22. The third kappa shape index (κ3) is 2.20. The van der Waals surface area contributed by atoms with Gasteiger partial charge < -0.3 is 10.5 Å². The molecule has 0 aliphatic heterocycles. The van der Waals surface area contributed by atoms with Crippen LogP contribution >= 0.6 is 15.9 Å². The second-order valence-electron chi connectivity index (χ2n) is 2.13. The lowest BCUT2D eigenvalue weighted by molar-refractivity contribution is -0.131. The van der Waals surface area contributed by atoms with E-state index in [0.29, 0.717) is 4.47 Å². The Morgan fingerprint density at radius 2 is 2.42 bits per heavy atom. The Morgan fingerprint density at radius 1 is 1.75 bits per heavy atom. The maximum Gasteiger partial charge on any atom is 0.308 e. The zero-order valence-electron chi connectivity index (χ0n) is 6.37. The number of halogens is 1. The van der Waals surface area contributed by atoms with E-state index in [-0.39, 0.29) is 11.6 Å². The number of pyridine rings is 1. The third-order valence-electron chi connectivity index (χ3n) is 1.10. The highest BCUT2D eigenvalue weighted by Gasteiger charge is 2.04. The first-order valence-electron chi connectivity index (χ1n) is 3.19. The lowest BCUT2D eigenvalue weighted by Crippen LogP contribution is -2.04. The van der Waals surface area contributed by atoms with Crippen LogP contribution in [-0.4, -0.2) is 11.0 Å². The van der Waals surface area contributed by atoms with E-state index in [1.807, 2.05) is 0 Å². The summed E-state index contributed by atoms with van der Waals surface area (Å²) >= 11 is 3.18. The van der Waals surface area contributed by atoms with Crippen LogP contribution < -0.4 is 10.5 Å². The van der Waals surface area contributed by atoms with Gasteiger partial charge in [-0.15, -0.1) is 0 Å². The lowest BCUT2D eigenvalue weighted by atomic mass is 10.4. The summed E-state index contributed by atoms with van der Waals surface area (Å²) in [5.74, 6) is 0.0619. The predicted molar refractivity (Wildman–Crippen MR) is 47.7 cm³/mol. The molecule has 0 spiro atoms. The molecule has 0 amide bonds. The number of aromatic nitrogens is 1. The second-order valence-corrected chi connectivity index (χ2v) is 3.05. The Morgan fingerprint density at radius 3 is 3.00 bits per heavy atom. The van der Waals surface area contributed by atoms with Gasteiger partial charge in [0.1, 0.15) is 0 Å². The summed E-state index contributed by atoms with van der Waals surface area (Å²) in [6.07, 6.45) is 1.53. The summed E-state index contributed by atoms with van der Waals surface area (Å²) < 4.78 is 5.49. The molecule has 1 rings (SSSR count). The smallest absolute Gasteiger partial charge is 0.308 e. The summed E-state index contributed by atoms with van der Waals surface area (Å²) in [5.41, 5.74) is 5.43. The molecule has 0 atom stereocenters. The van der Waals surface area contributed by atoms with Crippen molar-refractivity contribution in [3.8, 4) is 5.75 Å². The molecule has 12 heavy (non-hydrogen) atoms. The van der Waals surface area contributed by atoms with Gasteiger partial charge in [-0.05, 0) is 15.9 Å². The standard InChI is InChI=1S/C7H7BrN2O2/c1-4(11)12-6-2-5(8)3-10-7(6)9/h2-3H,1H3,(H2,9,10). The Bertz CT molecular complexity index is 314. The fourth-order valence-corrected chi connectivity index (χ4v) is 0.978. The highest BCUT2D eigenvalue weighted by atomic mass is 79.9.